The number of para-hydroxylation sites is 1. The first-order chi connectivity index (χ1) is 19.9. The summed E-state index contributed by atoms with van der Waals surface area (Å²) in [5.41, 5.74) is 0.906. The molecular formula is C31H19N5O5. The number of nitriles is 1. The Bertz CT molecular complexity index is 2060. The van der Waals surface area contributed by atoms with Crippen LogP contribution in [0.2, 0.25) is 0 Å². The van der Waals surface area contributed by atoms with E-state index >= 15 is 0 Å². The number of aromatic nitrogens is 3. The SMILES string of the molecule is N#Cc1ccc2cc3c(=O)n(-c4ccc(NC(=O)Oc5ccccc5)cc4)c(=O)nc-3n(-c3ccc(O)cc3)c2c1. The van der Waals surface area contributed by atoms with Crippen molar-refractivity contribution in [2.45, 2.75) is 0 Å². The number of carbonyl (C=O) groups excluding carboxylic acids is 1. The van der Waals surface area contributed by atoms with Crippen molar-refractivity contribution >= 4 is 22.7 Å². The van der Waals surface area contributed by atoms with E-state index in [9.17, 15) is 24.8 Å². The van der Waals surface area contributed by atoms with Crippen LogP contribution in [0.1, 0.15) is 5.56 Å². The average molecular weight is 542 g/mol. The number of phenols is 1. The van der Waals surface area contributed by atoms with Crippen molar-refractivity contribution in [3.05, 3.63) is 130 Å². The number of hydrogen-bond donors (Lipinski definition) is 2. The van der Waals surface area contributed by atoms with Crippen LogP contribution in [0.4, 0.5) is 10.5 Å². The number of rotatable bonds is 4. The molecule has 1 amide bonds. The predicted molar refractivity (Wildman–Crippen MR) is 152 cm³/mol. The first-order valence-electron chi connectivity index (χ1n) is 12.4. The van der Waals surface area contributed by atoms with Crippen molar-refractivity contribution in [1.82, 2.24) is 14.1 Å². The Morgan fingerprint density at radius 3 is 2.24 bits per heavy atom. The monoisotopic (exact) mass is 541 g/mol. The van der Waals surface area contributed by atoms with Gasteiger partial charge in [0, 0.05) is 11.4 Å². The third-order valence-corrected chi connectivity index (χ3v) is 6.41. The summed E-state index contributed by atoms with van der Waals surface area (Å²) in [5, 5.41) is 22.5. The molecule has 0 aromatic heterocycles. The van der Waals surface area contributed by atoms with Crippen LogP contribution in [0.3, 0.4) is 0 Å². The van der Waals surface area contributed by atoms with Crippen LogP contribution in [0.5, 0.6) is 11.5 Å². The Hall–Kier alpha value is -6.21. The predicted octanol–water partition coefficient (Wildman–Crippen LogP) is 4.83. The molecule has 10 nitrogen and oxygen atoms in total. The molecule has 0 atom stereocenters. The maximum absolute atomic E-state index is 13.7. The van der Waals surface area contributed by atoms with Crippen molar-refractivity contribution in [3.8, 4) is 40.3 Å². The van der Waals surface area contributed by atoms with Gasteiger partial charge >= 0.3 is 11.8 Å². The molecule has 0 aliphatic carbocycles. The molecule has 4 aromatic carbocycles. The lowest BCUT2D eigenvalue weighted by atomic mass is 10.1. The Labute approximate surface area is 231 Å². The number of ether oxygens (including phenoxy) is 1. The van der Waals surface area contributed by atoms with Gasteiger partial charge in [0.25, 0.3) is 5.56 Å². The van der Waals surface area contributed by atoms with Crippen LogP contribution >= 0.6 is 0 Å². The molecule has 2 aliphatic rings. The molecule has 2 heterocycles. The van der Waals surface area contributed by atoms with E-state index < -0.39 is 17.3 Å². The standard InChI is InChI=1S/C31H19N5O5/c32-18-19-6-7-20-17-26-28(35(27(20)16-19)22-12-14-24(37)15-13-22)34-30(39)36(29(26)38)23-10-8-21(9-11-23)33-31(40)41-25-4-2-1-3-5-25/h1-17,37H,(H,33,40). The van der Waals surface area contributed by atoms with Crippen LogP contribution in [0.25, 0.3) is 33.7 Å². The highest BCUT2D eigenvalue weighted by Crippen LogP contribution is 2.29. The van der Waals surface area contributed by atoms with Crippen molar-refractivity contribution in [2.75, 3.05) is 5.32 Å². The number of carbonyl (C=O) groups is 1. The zero-order chi connectivity index (χ0) is 28.5. The Balaban J connectivity index is 1.44. The highest BCUT2D eigenvalue weighted by atomic mass is 16.6. The lowest BCUT2D eigenvalue weighted by Gasteiger charge is -2.19. The van der Waals surface area contributed by atoms with Crippen molar-refractivity contribution in [2.24, 2.45) is 0 Å². The number of aromatic hydroxyl groups is 1. The van der Waals surface area contributed by atoms with Crippen LogP contribution in [0, 0.1) is 11.3 Å². The summed E-state index contributed by atoms with van der Waals surface area (Å²) < 4.78 is 7.79. The largest absolute Gasteiger partial charge is 0.508 e. The third kappa shape index (κ3) is 4.75. The fourth-order valence-corrected chi connectivity index (χ4v) is 4.52. The normalized spacial score (nSPS) is 10.8. The summed E-state index contributed by atoms with van der Waals surface area (Å²) in [6.07, 6.45) is -0.691. The molecule has 0 fully saturated rings. The van der Waals surface area contributed by atoms with Gasteiger partial charge in [0.2, 0.25) is 0 Å². The number of benzene rings is 4. The smallest absolute Gasteiger partial charge is 0.417 e. The zero-order valence-electron chi connectivity index (χ0n) is 21.2. The van der Waals surface area contributed by atoms with E-state index in [4.69, 9.17) is 4.74 Å². The number of pyridine rings is 1. The van der Waals surface area contributed by atoms with E-state index in [1.165, 1.54) is 36.4 Å². The second-order valence-electron chi connectivity index (χ2n) is 9.03. The topological polar surface area (TPSA) is 139 Å². The van der Waals surface area contributed by atoms with Gasteiger partial charge in [-0.2, -0.15) is 10.2 Å². The van der Waals surface area contributed by atoms with Gasteiger partial charge in [0.1, 0.15) is 11.5 Å². The van der Waals surface area contributed by atoms with Gasteiger partial charge in [0.05, 0.1) is 28.4 Å². The number of amides is 1. The lowest BCUT2D eigenvalue weighted by molar-refractivity contribution is 0.215. The fourth-order valence-electron chi connectivity index (χ4n) is 4.52. The summed E-state index contributed by atoms with van der Waals surface area (Å²) in [6.45, 7) is 0. The molecule has 198 valence electrons. The summed E-state index contributed by atoms with van der Waals surface area (Å²) in [6, 6.07) is 29.6. The molecule has 2 N–H and O–H groups in total. The van der Waals surface area contributed by atoms with Gasteiger partial charge in [-0.05, 0) is 84.2 Å². The molecule has 0 radical (unpaired) electrons. The van der Waals surface area contributed by atoms with Crippen molar-refractivity contribution in [3.63, 3.8) is 0 Å². The Morgan fingerprint density at radius 2 is 1.54 bits per heavy atom. The summed E-state index contributed by atoms with van der Waals surface area (Å²) in [4.78, 5) is 43.5. The van der Waals surface area contributed by atoms with Crippen LogP contribution in [-0.4, -0.2) is 25.3 Å². The van der Waals surface area contributed by atoms with E-state index in [-0.39, 0.29) is 22.8 Å². The maximum Gasteiger partial charge on any atom is 0.417 e. The van der Waals surface area contributed by atoms with Gasteiger partial charge in [0.15, 0.2) is 5.82 Å². The number of hydrogen-bond acceptors (Lipinski definition) is 7. The minimum atomic E-state index is -0.810. The zero-order valence-corrected chi connectivity index (χ0v) is 21.2. The minimum Gasteiger partial charge on any atom is -0.508 e. The Morgan fingerprint density at radius 1 is 0.854 bits per heavy atom. The highest BCUT2D eigenvalue weighted by Gasteiger charge is 2.22. The van der Waals surface area contributed by atoms with Gasteiger partial charge in [-0.3, -0.25) is 14.7 Å². The fraction of sp³-hybridized carbons (Fsp3) is 0. The van der Waals surface area contributed by atoms with E-state index in [1.54, 1.807) is 71.3 Å². The van der Waals surface area contributed by atoms with E-state index in [1.807, 2.05) is 0 Å². The Kier molecular flexibility index (Phi) is 6.22. The van der Waals surface area contributed by atoms with Crippen molar-refractivity contribution < 1.29 is 14.6 Å². The number of phenolic OH excluding ortho intramolecular Hbond substituents is 1. The molecule has 10 heteroatoms. The van der Waals surface area contributed by atoms with Gasteiger partial charge in [-0.25, -0.2) is 14.2 Å². The molecule has 0 bridgehead atoms. The number of nitrogens with zero attached hydrogens (tertiary/aromatic N) is 4. The quantitative estimate of drug-likeness (QED) is 0.305. The summed E-state index contributed by atoms with van der Waals surface area (Å²) in [7, 11) is 0. The number of anilines is 1. The number of nitrogens with one attached hydrogen (secondary N) is 1. The average Bonchev–Trinajstić information content (AvgIpc) is 2.98. The molecule has 0 spiro atoms. The molecule has 6 rings (SSSR count). The molecular weight excluding hydrogens is 522 g/mol. The number of fused-ring (bicyclic) bond motifs is 2. The second kappa shape index (κ2) is 10.2. The summed E-state index contributed by atoms with van der Waals surface area (Å²) in [5.74, 6) is 0.529. The second-order valence-corrected chi connectivity index (χ2v) is 9.03. The van der Waals surface area contributed by atoms with E-state index in [0.29, 0.717) is 33.6 Å². The van der Waals surface area contributed by atoms with Crippen LogP contribution < -0.4 is 21.3 Å². The first-order valence-corrected chi connectivity index (χ1v) is 12.4. The van der Waals surface area contributed by atoms with Crippen LogP contribution in [0.15, 0.2) is 113 Å². The van der Waals surface area contributed by atoms with E-state index in [2.05, 4.69) is 16.4 Å². The van der Waals surface area contributed by atoms with Gasteiger partial charge in [-0.15, -0.1) is 0 Å². The molecule has 0 saturated heterocycles. The third-order valence-electron chi connectivity index (χ3n) is 6.41. The summed E-state index contributed by atoms with van der Waals surface area (Å²) >= 11 is 0. The minimum absolute atomic E-state index is 0.0442. The molecule has 4 aromatic rings. The van der Waals surface area contributed by atoms with Crippen molar-refractivity contribution in [1.29, 1.82) is 5.26 Å². The molecule has 0 unspecified atom stereocenters. The van der Waals surface area contributed by atoms with Gasteiger partial charge in [-0.1, -0.05) is 24.3 Å². The highest BCUT2D eigenvalue weighted by molar-refractivity contribution is 5.88. The van der Waals surface area contributed by atoms with Gasteiger partial charge < -0.3 is 9.84 Å². The molecule has 2 aliphatic heterocycles. The maximum atomic E-state index is 13.7. The van der Waals surface area contributed by atoms with Crippen LogP contribution in [-0.2, 0) is 0 Å². The molecule has 0 saturated carbocycles. The lowest BCUT2D eigenvalue weighted by Crippen LogP contribution is -2.36. The first kappa shape index (κ1) is 25.1. The van der Waals surface area contributed by atoms with E-state index in [0.717, 1.165) is 4.57 Å². The molecule has 41 heavy (non-hydrogen) atoms.